The fraction of sp³-hybridized carbons (Fsp3) is 0.231. The Morgan fingerprint density at radius 3 is 2.45 bits per heavy atom. The van der Waals surface area contributed by atoms with Gasteiger partial charge in [0.25, 0.3) is 0 Å². The van der Waals surface area contributed by atoms with Gasteiger partial charge in [-0.2, -0.15) is 15.2 Å². The van der Waals surface area contributed by atoms with E-state index in [1.165, 1.54) is 30.3 Å². The molecule has 0 aliphatic heterocycles. The molecule has 3 aromatic rings. The molecule has 0 saturated carbocycles. The number of nitriles is 1. The zero-order valence-corrected chi connectivity index (χ0v) is 23.5. The number of nitro groups is 1. The van der Waals surface area contributed by atoms with Crippen LogP contribution >= 0.6 is 0 Å². The van der Waals surface area contributed by atoms with Gasteiger partial charge in [0.15, 0.2) is 18.0 Å². The maximum absolute atomic E-state index is 12.3. The molecule has 9 N–H and O–H groups in total. The monoisotopic (exact) mass is 607 g/mol. The average Bonchev–Trinajstić information content (AvgIpc) is 2.93. The van der Waals surface area contributed by atoms with Gasteiger partial charge in [0.05, 0.1) is 16.2 Å². The van der Waals surface area contributed by atoms with Crippen LogP contribution in [0, 0.1) is 32.3 Å². The predicted octanol–water partition coefficient (Wildman–Crippen LogP) is 2.31. The fourth-order valence-corrected chi connectivity index (χ4v) is 3.68. The lowest BCUT2D eigenvalue weighted by molar-refractivity contribution is -0.387. The van der Waals surface area contributed by atoms with Crippen molar-refractivity contribution >= 4 is 35.0 Å². The molecule has 3 rings (SSSR count). The zero-order chi connectivity index (χ0) is 32.4. The highest BCUT2D eigenvalue weighted by Crippen LogP contribution is 2.40. The van der Waals surface area contributed by atoms with Gasteiger partial charge in [-0.3, -0.25) is 20.9 Å². The number of hydrogen-bond donors (Lipinski definition) is 7. The Morgan fingerprint density at radius 1 is 1.14 bits per heavy atom. The first-order chi connectivity index (χ1) is 20.9. The molecular weight excluding hydrogens is 578 g/mol. The van der Waals surface area contributed by atoms with Crippen LogP contribution in [-0.4, -0.2) is 64.6 Å². The molecule has 0 aliphatic carbocycles. The molecule has 230 valence electrons. The summed E-state index contributed by atoms with van der Waals surface area (Å²) in [7, 11) is 3.38. The second-order valence-electron chi connectivity index (χ2n) is 9.11. The van der Waals surface area contributed by atoms with Crippen LogP contribution in [0.2, 0.25) is 0 Å². The van der Waals surface area contributed by atoms with Crippen molar-refractivity contribution in [3.8, 4) is 35.3 Å². The summed E-state index contributed by atoms with van der Waals surface area (Å²) in [6.45, 7) is 0.147. The number of carboxylic acid groups (broad SMARTS) is 1. The van der Waals surface area contributed by atoms with Crippen molar-refractivity contribution in [2.24, 2.45) is 11.5 Å². The molecular formula is C26H29N11O7. The largest absolute Gasteiger partial charge is 0.479 e. The van der Waals surface area contributed by atoms with Crippen LogP contribution < -0.4 is 41.2 Å². The summed E-state index contributed by atoms with van der Waals surface area (Å²) < 4.78 is 17.0. The maximum Gasteiger partial charge on any atom is 0.392 e. The van der Waals surface area contributed by atoms with E-state index in [2.05, 4.69) is 20.6 Å². The number of carbonyl (C=O) groups is 1. The number of benzene rings is 2. The van der Waals surface area contributed by atoms with Crippen molar-refractivity contribution in [3.05, 3.63) is 58.1 Å². The predicted molar refractivity (Wildman–Crippen MR) is 157 cm³/mol. The molecule has 1 aromatic heterocycles. The molecule has 1 atom stereocenters. The van der Waals surface area contributed by atoms with Crippen LogP contribution in [0.15, 0.2) is 42.5 Å². The third-order valence-corrected chi connectivity index (χ3v) is 5.58. The van der Waals surface area contributed by atoms with Crippen LogP contribution in [0.4, 0.5) is 17.1 Å². The molecule has 44 heavy (non-hydrogen) atoms. The summed E-state index contributed by atoms with van der Waals surface area (Å²) in [5, 5.41) is 51.2. The topological polar surface area (TPSA) is 285 Å². The molecule has 0 spiro atoms. The Balaban J connectivity index is 2.09. The van der Waals surface area contributed by atoms with E-state index in [9.17, 15) is 25.3 Å². The van der Waals surface area contributed by atoms with Crippen LogP contribution in [0.5, 0.6) is 29.3 Å². The molecule has 1 heterocycles. The van der Waals surface area contributed by atoms with E-state index in [1.54, 1.807) is 31.1 Å². The number of carboxylic acids is 1. The Hall–Kier alpha value is -6.38. The van der Waals surface area contributed by atoms with E-state index in [4.69, 9.17) is 36.5 Å². The molecule has 0 aliphatic rings. The van der Waals surface area contributed by atoms with Crippen molar-refractivity contribution in [1.82, 2.24) is 15.3 Å². The number of aromatic nitrogens is 2. The number of nitrogens with two attached hydrogens (primary N) is 2. The van der Waals surface area contributed by atoms with E-state index < -0.39 is 40.5 Å². The maximum atomic E-state index is 12.3. The lowest BCUT2D eigenvalue weighted by Crippen LogP contribution is -2.33. The van der Waals surface area contributed by atoms with E-state index >= 15 is 0 Å². The number of hydrogen-bond acceptors (Lipinski definition) is 12. The van der Waals surface area contributed by atoms with Crippen molar-refractivity contribution in [2.75, 3.05) is 30.9 Å². The second kappa shape index (κ2) is 14.5. The van der Waals surface area contributed by atoms with Gasteiger partial charge in [-0.25, -0.2) is 4.79 Å². The van der Waals surface area contributed by atoms with E-state index in [1.807, 2.05) is 6.07 Å². The Kier molecular flexibility index (Phi) is 10.6. The molecule has 0 fully saturated rings. The minimum Gasteiger partial charge on any atom is -0.479 e. The number of nitrogens with zero attached hydrogens (tertiary/aromatic N) is 5. The van der Waals surface area contributed by atoms with E-state index in [0.717, 1.165) is 0 Å². The van der Waals surface area contributed by atoms with Gasteiger partial charge < -0.3 is 46.3 Å². The normalized spacial score (nSPS) is 10.9. The van der Waals surface area contributed by atoms with Gasteiger partial charge in [0.2, 0.25) is 0 Å². The summed E-state index contributed by atoms with van der Waals surface area (Å²) in [5.74, 6) is -3.28. The highest BCUT2D eigenvalue weighted by Gasteiger charge is 2.33. The van der Waals surface area contributed by atoms with Gasteiger partial charge in [0.1, 0.15) is 17.6 Å². The third kappa shape index (κ3) is 8.81. The molecule has 0 bridgehead atoms. The minimum atomic E-state index is -1.60. The average molecular weight is 608 g/mol. The Bertz CT molecular complexity index is 1610. The minimum absolute atomic E-state index is 0.0594. The first-order valence-corrected chi connectivity index (χ1v) is 12.7. The molecule has 0 amide bonds. The summed E-state index contributed by atoms with van der Waals surface area (Å²) >= 11 is 0. The molecule has 0 saturated heterocycles. The first kappa shape index (κ1) is 32.1. The second-order valence-corrected chi connectivity index (χ2v) is 9.11. The fourth-order valence-electron chi connectivity index (χ4n) is 3.68. The summed E-state index contributed by atoms with van der Waals surface area (Å²) in [4.78, 5) is 33.0. The third-order valence-electron chi connectivity index (χ3n) is 5.58. The van der Waals surface area contributed by atoms with Crippen molar-refractivity contribution < 1.29 is 29.0 Å². The molecule has 0 radical (unpaired) electrons. The highest BCUT2D eigenvalue weighted by molar-refractivity contribution is 5.89. The van der Waals surface area contributed by atoms with Crippen molar-refractivity contribution in [2.45, 2.75) is 18.9 Å². The summed E-state index contributed by atoms with van der Waals surface area (Å²) in [6.07, 6.45) is -1.56. The molecule has 1 unspecified atom stereocenters. The van der Waals surface area contributed by atoms with Crippen LogP contribution in [0.25, 0.3) is 0 Å². The molecule has 18 nitrogen and oxygen atoms in total. The number of rotatable bonds is 14. The lowest BCUT2D eigenvalue weighted by atomic mass is 10.2. The van der Waals surface area contributed by atoms with Crippen LogP contribution in [0.1, 0.15) is 18.4 Å². The van der Waals surface area contributed by atoms with Crippen LogP contribution in [0.3, 0.4) is 0 Å². The van der Waals surface area contributed by atoms with Gasteiger partial charge in [-0.1, -0.05) is 6.07 Å². The summed E-state index contributed by atoms with van der Waals surface area (Å²) in [5.41, 5.74) is 10.9. The number of guanidine groups is 2. The Labute approximate surface area is 250 Å². The lowest BCUT2D eigenvalue weighted by Gasteiger charge is -2.17. The van der Waals surface area contributed by atoms with E-state index in [-0.39, 0.29) is 42.8 Å². The van der Waals surface area contributed by atoms with Gasteiger partial charge in [-0.05, 0) is 37.1 Å². The van der Waals surface area contributed by atoms with Gasteiger partial charge in [-0.15, -0.1) is 0 Å². The summed E-state index contributed by atoms with van der Waals surface area (Å²) in [6, 6.07) is 12.0. The number of aliphatic carboxylic acids is 1. The number of ether oxygens (including phenoxy) is 3. The zero-order valence-electron chi connectivity index (χ0n) is 23.5. The molecule has 18 heteroatoms. The highest BCUT2D eigenvalue weighted by atomic mass is 16.6. The van der Waals surface area contributed by atoms with Gasteiger partial charge >= 0.3 is 29.4 Å². The quantitative estimate of drug-likeness (QED) is 0.0455. The van der Waals surface area contributed by atoms with Crippen molar-refractivity contribution in [3.63, 3.8) is 0 Å². The van der Waals surface area contributed by atoms with Crippen LogP contribution in [-0.2, 0) is 4.79 Å². The van der Waals surface area contributed by atoms with E-state index in [0.29, 0.717) is 16.9 Å². The SMILES string of the molecule is CN(C)c1cc(Oc2nc(Oc3cccc(NC(=N)N)c3)nc(OC(CCCNC(=N)N)C(=O)O)c2[N+](=O)[O-])ccc1C#N. The molecule has 2 aromatic carbocycles. The number of nitrogens with one attached hydrogen (secondary N) is 4. The van der Waals surface area contributed by atoms with Gasteiger partial charge in [0, 0.05) is 38.5 Å². The number of anilines is 2. The standard InChI is InChI=1S/C26H29N11O7/c1-36(2)18-12-17(9-8-14(18)13-27)42-21-20(37(40)41)22(44-19(23(38)39)7-4-10-32-24(28)29)35-26(34-21)43-16-6-3-5-15(11-16)33-25(30)31/h3,5-6,8-9,11-12,19H,4,7,10H2,1-2H3,(H,38,39)(H4,28,29,32)(H4,30,31,33). The smallest absolute Gasteiger partial charge is 0.392 e. The Morgan fingerprint density at radius 2 is 1.84 bits per heavy atom. The van der Waals surface area contributed by atoms with Crippen molar-refractivity contribution in [1.29, 1.82) is 16.1 Å². The first-order valence-electron chi connectivity index (χ1n) is 12.7.